The molecule has 1 saturated heterocycles. The van der Waals surface area contributed by atoms with Gasteiger partial charge >= 0.3 is 12.1 Å². The average molecular weight is 593 g/mol. The molecule has 1 aliphatic rings. The fraction of sp³-hybridized carbons (Fsp3) is 0.543. The maximum atomic E-state index is 13.1. The normalized spacial score (nSPS) is 18.3. The molecule has 2 aromatic carbocycles. The molecule has 4 rings (SSSR count). The molecule has 8 nitrogen and oxygen atoms in total. The molecule has 0 amide bonds. The van der Waals surface area contributed by atoms with Gasteiger partial charge in [-0.3, -0.25) is 9.47 Å². The predicted molar refractivity (Wildman–Crippen MR) is 169 cm³/mol. The van der Waals surface area contributed by atoms with Crippen LogP contribution in [0.25, 0.3) is 10.9 Å². The molecule has 1 aliphatic heterocycles. The Labute approximate surface area is 256 Å². The number of carbonyl (C=O) groups excluding carboxylic acids is 2. The van der Waals surface area contributed by atoms with E-state index in [2.05, 4.69) is 4.90 Å². The molecule has 3 aromatic rings. The molecule has 8 heteroatoms. The van der Waals surface area contributed by atoms with Crippen LogP contribution in [0, 0.1) is 6.92 Å². The first-order chi connectivity index (χ1) is 20.2. The third-order valence-corrected chi connectivity index (χ3v) is 7.63. The van der Waals surface area contributed by atoms with E-state index >= 15 is 0 Å². The summed E-state index contributed by atoms with van der Waals surface area (Å²) in [5.41, 5.74) is 3.28. The Morgan fingerprint density at radius 3 is 2.26 bits per heavy atom. The average Bonchev–Trinajstić information content (AvgIpc) is 3.27. The molecule has 0 radical (unpaired) electrons. The summed E-state index contributed by atoms with van der Waals surface area (Å²) < 4.78 is 24.9. The zero-order valence-electron chi connectivity index (χ0n) is 27.3. The van der Waals surface area contributed by atoms with Crippen LogP contribution in [0.5, 0.6) is 5.75 Å². The highest BCUT2D eigenvalue weighted by molar-refractivity contribution is 5.95. The zero-order valence-corrected chi connectivity index (χ0v) is 27.3. The molecule has 0 unspecified atom stereocenters. The van der Waals surface area contributed by atoms with E-state index in [-0.39, 0.29) is 18.1 Å². The van der Waals surface area contributed by atoms with Crippen LogP contribution in [0.1, 0.15) is 101 Å². The van der Waals surface area contributed by atoms with Crippen LogP contribution in [0.2, 0.25) is 0 Å². The Balaban J connectivity index is 1.72. The number of hydrogen-bond donors (Lipinski definition) is 0. The Hall–Kier alpha value is -3.36. The number of nitrogens with zero attached hydrogens (tertiary/aromatic N) is 2. The molecule has 0 aliphatic carbocycles. The van der Waals surface area contributed by atoms with Crippen LogP contribution < -0.4 is 4.74 Å². The van der Waals surface area contributed by atoms with Gasteiger partial charge in [0.2, 0.25) is 0 Å². The van der Waals surface area contributed by atoms with Crippen molar-refractivity contribution in [2.75, 3.05) is 20.3 Å². The summed E-state index contributed by atoms with van der Waals surface area (Å²) in [7, 11) is 1.69. The fourth-order valence-electron chi connectivity index (χ4n) is 5.87. The van der Waals surface area contributed by atoms with Crippen molar-refractivity contribution in [1.29, 1.82) is 0 Å². The van der Waals surface area contributed by atoms with Gasteiger partial charge in [0.15, 0.2) is 0 Å². The second-order valence-electron chi connectivity index (χ2n) is 13.4. The van der Waals surface area contributed by atoms with Gasteiger partial charge in [0, 0.05) is 36.3 Å². The number of carbonyl (C=O) groups is 2. The van der Waals surface area contributed by atoms with Gasteiger partial charge in [0.05, 0.1) is 24.3 Å². The van der Waals surface area contributed by atoms with Gasteiger partial charge in [0.1, 0.15) is 17.0 Å². The molecule has 0 bridgehead atoms. The van der Waals surface area contributed by atoms with Crippen molar-refractivity contribution < 1.29 is 28.5 Å². The SMILES string of the molecule is CCO[C@@H]1CCCN(Cc2c(OC)cc(C)c3c2ccn3C(=O)OC(C)(C)C)[C@H](c2ccc(C(=O)OC(C)(C)C)cc2)C1. The van der Waals surface area contributed by atoms with Gasteiger partial charge in [-0.1, -0.05) is 12.1 Å². The number of hydrogen-bond acceptors (Lipinski definition) is 7. The van der Waals surface area contributed by atoms with E-state index in [1.54, 1.807) is 17.9 Å². The largest absolute Gasteiger partial charge is 0.496 e. The quantitative estimate of drug-likeness (QED) is 0.259. The lowest BCUT2D eigenvalue weighted by molar-refractivity contribution is 0.00689. The first kappa shape index (κ1) is 32.6. The summed E-state index contributed by atoms with van der Waals surface area (Å²) in [6.07, 6.45) is 4.32. The highest BCUT2D eigenvalue weighted by Gasteiger charge is 2.30. The van der Waals surface area contributed by atoms with Gasteiger partial charge in [-0.2, -0.15) is 0 Å². The number of aryl methyl sites for hydroxylation is 1. The molecule has 1 fully saturated rings. The second kappa shape index (κ2) is 13.1. The molecule has 0 saturated carbocycles. The van der Waals surface area contributed by atoms with Gasteiger partial charge in [-0.05, 0) is 117 Å². The minimum atomic E-state index is -0.605. The van der Waals surface area contributed by atoms with Crippen molar-refractivity contribution in [1.82, 2.24) is 9.47 Å². The van der Waals surface area contributed by atoms with E-state index in [1.807, 2.05) is 91.8 Å². The fourth-order valence-corrected chi connectivity index (χ4v) is 5.87. The summed E-state index contributed by atoms with van der Waals surface area (Å²) in [5.74, 6) is 0.460. The topological polar surface area (TPSA) is 79.2 Å². The molecule has 234 valence electrons. The molecular formula is C35H48N2O6. The van der Waals surface area contributed by atoms with E-state index in [9.17, 15) is 9.59 Å². The molecule has 0 N–H and O–H groups in total. The van der Waals surface area contributed by atoms with Crippen molar-refractivity contribution in [3.8, 4) is 5.75 Å². The Morgan fingerprint density at radius 1 is 0.977 bits per heavy atom. The molecular weight excluding hydrogens is 544 g/mol. The van der Waals surface area contributed by atoms with Gasteiger partial charge in [0.25, 0.3) is 0 Å². The number of methoxy groups -OCH3 is 1. The molecule has 2 heterocycles. The number of rotatable bonds is 7. The molecule has 0 spiro atoms. The number of benzene rings is 2. The highest BCUT2D eigenvalue weighted by Crippen LogP contribution is 2.38. The Bertz CT molecular complexity index is 1430. The maximum absolute atomic E-state index is 13.1. The summed E-state index contributed by atoms with van der Waals surface area (Å²) in [5, 5.41) is 0.965. The minimum Gasteiger partial charge on any atom is -0.496 e. The van der Waals surface area contributed by atoms with E-state index in [1.165, 1.54) is 0 Å². The number of aromatic nitrogens is 1. The van der Waals surface area contributed by atoms with Gasteiger partial charge in [-0.15, -0.1) is 0 Å². The summed E-state index contributed by atoms with van der Waals surface area (Å²) in [6.45, 7) is 17.4. The summed E-state index contributed by atoms with van der Waals surface area (Å²) in [6, 6.07) is 11.8. The Kier molecular flexibility index (Phi) is 9.92. The third-order valence-electron chi connectivity index (χ3n) is 7.63. The lowest BCUT2D eigenvalue weighted by atomic mass is 9.96. The lowest BCUT2D eigenvalue weighted by Gasteiger charge is -2.32. The van der Waals surface area contributed by atoms with Crippen LogP contribution in [-0.2, 0) is 20.8 Å². The van der Waals surface area contributed by atoms with Crippen molar-refractivity contribution in [3.05, 3.63) is 64.8 Å². The third kappa shape index (κ3) is 7.98. The number of esters is 1. The lowest BCUT2D eigenvalue weighted by Crippen LogP contribution is -2.30. The van der Waals surface area contributed by atoms with Gasteiger partial charge < -0.3 is 18.9 Å². The minimum absolute atomic E-state index is 0.0562. The van der Waals surface area contributed by atoms with Crippen LogP contribution in [0.3, 0.4) is 0 Å². The predicted octanol–water partition coefficient (Wildman–Crippen LogP) is 7.83. The first-order valence-electron chi connectivity index (χ1n) is 15.3. The smallest absolute Gasteiger partial charge is 0.419 e. The van der Waals surface area contributed by atoms with Crippen LogP contribution in [0.15, 0.2) is 42.6 Å². The molecule has 2 atom stereocenters. The van der Waals surface area contributed by atoms with E-state index < -0.39 is 17.3 Å². The van der Waals surface area contributed by atoms with E-state index in [4.69, 9.17) is 18.9 Å². The van der Waals surface area contributed by atoms with Gasteiger partial charge in [-0.25, -0.2) is 9.59 Å². The van der Waals surface area contributed by atoms with Crippen LogP contribution in [0.4, 0.5) is 4.79 Å². The number of likely N-dealkylation sites (tertiary alicyclic amines) is 1. The van der Waals surface area contributed by atoms with Crippen LogP contribution in [-0.4, -0.2) is 59.1 Å². The van der Waals surface area contributed by atoms with E-state index in [0.717, 1.165) is 59.2 Å². The first-order valence-corrected chi connectivity index (χ1v) is 15.3. The Morgan fingerprint density at radius 2 is 1.65 bits per heavy atom. The molecule has 43 heavy (non-hydrogen) atoms. The highest BCUT2D eigenvalue weighted by atomic mass is 16.6. The zero-order chi connectivity index (χ0) is 31.5. The van der Waals surface area contributed by atoms with Crippen molar-refractivity contribution in [2.24, 2.45) is 0 Å². The van der Waals surface area contributed by atoms with Crippen molar-refractivity contribution in [3.63, 3.8) is 0 Å². The number of fused-ring (bicyclic) bond motifs is 1. The van der Waals surface area contributed by atoms with Crippen molar-refractivity contribution in [2.45, 2.75) is 105 Å². The van der Waals surface area contributed by atoms with Crippen molar-refractivity contribution >= 4 is 23.0 Å². The monoisotopic (exact) mass is 592 g/mol. The standard InChI is InChI=1S/C35H48N2O6/c1-10-41-26-12-11-18-36(29(21-26)24-13-15-25(16-14-24)32(38)42-34(3,4)5)22-28-27-17-19-37(33(39)43-35(6,7)8)31(27)23(2)20-30(28)40-9/h13-17,19-20,26,29H,10-12,18,21-22H2,1-9H3/t26-,29+/m1/s1. The maximum Gasteiger partial charge on any atom is 0.419 e. The number of ether oxygens (including phenoxy) is 4. The molecule has 1 aromatic heterocycles. The summed E-state index contributed by atoms with van der Waals surface area (Å²) in [4.78, 5) is 28.3. The van der Waals surface area contributed by atoms with Crippen LogP contribution >= 0.6 is 0 Å². The van der Waals surface area contributed by atoms with E-state index in [0.29, 0.717) is 18.7 Å². The second-order valence-corrected chi connectivity index (χ2v) is 13.4. The summed E-state index contributed by atoms with van der Waals surface area (Å²) >= 11 is 0.